The number of Topliss-reactive ketones (excluding diaryl/α,β-unsaturated/α-hetero) is 1. The largest absolute Gasteiger partial charge is 0.369 e. The number of carbonyl (C=O) groups is 2. The topological polar surface area (TPSA) is 63.4 Å². The van der Waals surface area contributed by atoms with Crippen molar-refractivity contribution in [2.45, 2.75) is 51.5 Å². The molecule has 1 rings (SSSR count). The van der Waals surface area contributed by atoms with Crippen LogP contribution in [0, 0.1) is 0 Å². The van der Waals surface area contributed by atoms with Crippen LogP contribution in [-0.4, -0.2) is 35.7 Å². The van der Waals surface area contributed by atoms with E-state index in [1.807, 2.05) is 0 Å². The van der Waals surface area contributed by atoms with E-state index >= 15 is 0 Å². The Morgan fingerprint density at radius 2 is 2.31 bits per heavy atom. The van der Waals surface area contributed by atoms with Gasteiger partial charge < -0.3 is 5.73 Å². The van der Waals surface area contributed by atoms with Crippen molar-refractivity contribution in [3.8, 4) is 0 Å². The van der Waals surface area contributed by atoms with Gasteiger partial charge in [-0.2, -0.15) is 0 Å². The minimum atomic E-state index is -0.297. The van der Waals surface area contributed by atoms with E-state index in [2.05, 4.69) is 11.8 Å². The van der Waals surface area contributed by atoms with Crippen LogP contribution in [-0.2, 0) is 9.59 Å². The zero-order valence-corrected chi connectivity index (χ0v) is 10.1. The summed E-state index contributed by atoms with van der Waals surface area (Å²) in [6.45, 7) is 3.28. The highest BCUT2D eigenvalue weighted by atomic mass is 16.1. The second-order valence-electron chi connectivity index (χ2n) is 4.58. The quantitative estimate of drug-likeness (QED) is 0.737. The van der Waals surface area contributed by atoms with Gasteiger partial charge in [-0.1, -0.05) is 13.3 Å². The predicted molar refractivity (Wildman–Crippen MR) is 62.9 cm³/mol. The van der Waals surface area contributed by atoms with Crippen LogP contribution < -0.4 is 5.73 Å². The van der Waals surface area contributed by atoms with Crippen LogP contribution in [0.5, 0.6) is 0 Å². The summed E-state index contributed by atoms with van der Waals surface area (Å²) < 4.78 is 0. The van der Waals surface area contributed by atoms with Gasteiger partial charge in [0.1, 0.15) is 5.78 Å². The molecule has 0 saturated heterocycles. The van der Waals surface area contributed by atoms with Gasteiger partial charge in [0.05, 0.1) is 6.54 Å². The Balaban J connectivity index is 2.51. The van der Waals surface area contributed by atoms with Crippen LogP contribution in [0.2, 0.25) is 0 Å². The summed E-state index contributed by atoms with van der Waals surface area (Å²) >= 11 is 0. The normalized spacial score (nSPS) is 21.4. The minimum absolute atomic E-state index is 0.236. The van der Waals surface area contributed by atoms with Crippen LogP contribution in [0.15, 0.2) is 0 Å². The Labute approximate surface area is 97.2 Å². The number of nitrogens with zero attached hydrogens (tertiary/aromatic N) is 1. The van der Waals surface area contributed by atoms with Gasteiger partial charge in [-0.25, -0.2) is 0 Å². The molecule has 0 radical (unpaired) electrons. The van der Waals surface area contributed by atoms with E-state index in [4.69, 9.17) is 5.73 Å². The SMILES string of the molecule is CCCCN(CC(N)=O)C1CCCC(=O)C1. The van der Waals surface area contributed by atoms with E-state index in [1.165, 1.54) is 0 Å². The number of amides is 1. The number of hydrogen-bond donors (Lipinski definition) is 1. The van der Waals surface area contributed by atoms with Crippen LogP contribution in [0.1, 0.15) is 45.4 Å². The third-order valence-electron chi connectivity index (χ3n) is 3.13. The lowest BCUT2D eigenvalue weighted by Crippen LogP contribution is -2.44. The van der Waals surface area contributed by atoms with E-state index in [1.54, 1.807) is 0 Å². The van der Waals surface area contributed by atoms with E-state index in [-0.39, 0.29) is 18.5 Å². The van der Waals surface area contributed by atoms with Gasteiger partial charge in [0.25, 0.3) is 0 Å². The highest BCUT2D eigenvalue weighted by Gasteiger charge is 2.25. The lowest BCUT2D eigenvalue weighted by molar-refractivity contribution is -0.124. The van der Waals surface area contributed by atoms with Gasteiger partial charge in [0, 0.05) is 18.9 Å². The molecule has 1 aliphatic carbocycles. The van der Waals surface area contributed by atoms with Crippen LogP contribution in [0.3, 0.4) is 0 Å². The van der Waals surface area contributed by atoms with Gasteiger partial charge in [0.2, 0.25) is 5.91 Å². The molecule has 4 nitrogen and oxygen atoms in total. The first-order valence-corrected chi connectivity index (χ1v) is 6.17. The summed E-state index contributed by atoms with van der Waals surface area (Å²) in [5.74, 6) is 0.0244. The predicted octanol–water partition coefficient (Wildman–Crippen LogP) is 1.09. The van der Waals surface area contributed by atoms with Gasteiger partial charge in [0.15, 0.2) is 0 Å². The fourth-order valence-electron chi connectivity index (χ4n) is 2.27. The number of hydrogen-bond acceptors (Lipinski definition) is 3. The number of nitrogens with two attached hydrogens (primary N) is 1. The maximum absolute atomic E-state index is 11.4. The van der Waals surface area contributed by atoms with Crippen molar-refractivity contribution in [2.24, 2.45) is 5.73 Å². The minimum Gasteiger partial charge on any atom is -0.369 e. The Bertz CT molecular complexity index is 253. The molecular formula is C12H22N2O2. The number of unbranched alkanes of at least 4 members (excludes halogenated alkanes) is 1. The molecule has 0 aromatic heterocycles. The molecule has 1 unspecified atom stereocenters. The summed E-state index contributed by atoms with van der Waals surface area (Å²) in [6.07, 6.45) is 5.41. The molecule has 16 heavy (non-hydrogen) atoms. The van der Waals surface area contributed by atoms with Crippen LogP contribution in [0.4, 0.5) is 0 Å². The van der Waals surface area contributed by atoms with E-state index < -0.39 is 0 Å². The maximum Gasteiger partial charge on any atom is 0.231 e. The van der Waals surface area contributed by atoms with Crippen molar-refractivity contribution in [1.29, 1.82) is 0 Å². The smallest absolute Gasteiger partial charge is 0.231 e. The Morgan fingerprint density at radius 3 is 2.88 bits per heavy atom. The average Bonchev–Trinajstić information content (AvgIpc) is 2.23. The van der Waals surface area contributed by atoms with E-state index in [0.29, 0.717) is 18.6 Å². The first kappa shape index (κ1) is 13.2. The second-order valence-corrected chi connectivity index (χ2v) is 4.58. The molecule has 1 saturated carbocycles. The highest BCUT2D eigenvalue weighted by molar-refractivity contribution is 5.80. The number of ketones is 1. The second kappa shape index (κ2) is 6.63. The zero-order chi connectivity index (χ0) is 12.0. The summed E-state index contributed by atoms with van der Waals surface area (Å²) in [4.78, 5) is 24.5. The van der Waals surface area contributed by atoms with E-state index in [9.17, 15) is 9.59 Å². The van der Waals surface area contributed by atoms with Crippen molar-refractivity contribution in [1.82, 2.24) is 4.90 Å². The van der Waals surface area contributed by atoms with Crippen molar-refractivity contribution in [2.75, 3.05) is 13.1 Å². The molecule has 4 heteroatoms. The first-order chi connectivity index (χ1) is 7.63. The molecule has 1 atom stereocenters. The van der Waals surface area contributed by atoms with Crippen molar-refractivity contribution in [3.05, 3.63) is 0 Å². The molecule has 2 N–H and O–H groups in total. The lowest BCUT2D eigenvalue weighted by atomic mass is 9.93. The summed E-state index contributed by atoms with van der Waals surface area (Å²) in [5, 5.41) is 0. The van der Waals surface area contributed by atoms with Crippen LogP contribution >= 0.6 is 0 Å². The first-order valence-electron chi connectivity index (χ1n) is 6.17. The molecule has 1 amide bonds. The monoisotopic (exact) mass is 226 g/mol. The highest BCUT2D eigenvalue weighted by Crippen LogP contribution is 2.20. The van der Waals surface area contributed by atoms with Gasteiger partial charge in [-0.15, -0.1) is 0 Å². The molecule has 92 valence electrons. The summed E-state index contributed by atoms with van der Waals surface area (Å²) in [7, 11) is 0. The lowest BCUT2D eigenvalue weighted by Gasteiger charge is -2.32. The third kappa shape index (κ3) is 4.31. The Hall–Kier alpha value is -0.900. The molecule has 0 heterocycles. The van der Waals surface area contributed by atoms with E-state index in [0.717, 1.165) is 32.2 Å². The molecule has 1 aliphatic rings. The molecule has 0 aromatic carbocycles. The van der Waals surface area contributed by atoms with Gasteiger partial charge in [-0.3, -0.25) is 14.5 Å². The number of rotatable bonds is 6. The summed E-state index contributed by atoms with van der Waals surface area (Å²) in [6, 6.07) is 0.236. The standard InChI is InChI=1S/C12H22N2O2/c1-2-3-7-14(9-12(13)16)10-5-4-6-11(15)8-10/h10H,2-9H2,1H3,(H2,13,16). The van der Waals surface area contributed by atoms with Crippen molar-refractivity contribution in [3.63, 3.8) is 0 Å². The molecule has 0 aromatic rings. The molecule has 0 spiro atoms. The average molecular weight is 226 g/mol. The molecule has 0 aliphatic heterocycles. The fourth-order valence-corrected chi connectivity index (χ4v) is 2.27. The van der Waals surface area contributed by atoms with Crippen molar-refractivity contribution >= 4 is 11.7 Å². The molecule has 0 bridgehead atoms. The van der Waals surface area contributed by atoms with Gasteiger partial charge in [-0.05, 0) is 25.8 Å². The fraction of sp³-hybridized carbons (Fsp3) is 0.833. The Morgan fingerprint density at radius 1 is 1.56 bits per heavy atom. The number of primary amides is 1. The molecular weight excluding hydrogens is 204 g/mol. The maximum atomic E-state index is 11.4. The third-order valence-corrected chi connectivity index (χ3v) is 3.13. The molecule has 1 fully saturated rings. The Kier molecular flexibility index (Phi) is 5.46. The number of carbonyl (C=O) groups excluding carboxylic acids is 2. The van der Waals surface area contributed by atoms with Crippen LogP contribution in [0.25, 0.3) is 0 Å². The van der Waals surface area contributed by atoms with Gasteiger partial charge >= 0.3 is 0 Å². The van der Waals surface area contributed by atoms with Crippen molar-refractivity contribution < 1.29 is 9.59 Å². The summed E-state index contributed by atoms with van der Waals surface area (Å²) in [5.41, 5.74) is 5.24. The zero-order valence-electron chi connectivity index (χ0n) is 10.1.